The van der Waals surface area contributed by atoms with Crippen LogP contribution < -0.4 is 10.6 Å². The molecule has 2 heteroatoms. The number of rotatable bonds is 2. The summed E-state index contributed by atoms with van der Waals surface area (Å²) in [6, 6.07) is 4.11. The highest BCUT2D eigenvalue weighted by atomic mass is 15.1. The Morgan fingerprint density at radius 1 is 1.21 bits per heavy atom. The van der Waals surface area contributed by atoms with Crippen LogP contribution in [0.2, 0.25) is 0 Å². The fourth-order valence-electron chi connectivity index (χ4n) is 1.89. The number of anilines is 2. The van der Waals surface area contributed by atoms with E-state index in [9.17, 15) is 0 Å². The first-order chi connectivity index (χ1) is 6.43. The third-order valence-electron chi connectivity index (χ3n) is 2.42. The zero-order chi connectivity index (χ0) is 10.9. The van der Waals surface area contributed by atoms with Gasteiger partial charge in [0.2, 0.25) is 0 Å². The van der Waals surface area contributed by atoms with Crippen molar-refractivity contribution in [3.05, 3.63) is 23.3 Å². The quantitative estimate of drug-likeness (QED) is 0.730. The molecule has 0 heterocycles. The number of hydrogen-bond donors (Lipinski definition) is 1. The van der Waals surface area contributed by atoms with E-state index < -0.39 is 0 Å². The van der Waals surface area contributed by atoms with Gasteiger partial charge in [0.1, 0.15) is 0 Å². The summed E-state index contributed by atoms with van der Waals surface area (Å²) in [6.07, 6.45) is 0. The SMILES string of the molecule is Cc1cc(N)cc(C(C)C)c1N(C)C. The number of hydrogen-bond acceptors (Lipinski definition) is 2. The van der Waals surface area contributed by atoms with Crippen LogP contribution in [-0.4, -0.2) is 14.1 Å². The van der Waals surface area contributed by atoms with Crippen molar-refractivity contribution >= 4 is 11.4 Å². The summed E-state index contributed by atoms with van der Waals surface area (Å²) in [5.41, 5.74) is 10.6. The molecule has 0 aliphatic carbocycles. The minimum absolute atomic E-state index is 0.509. The molecule has 1 aromatic carbocycles. The van der Waals surface area contributed by atoms with Crippen molar-refractivity contribution in [3.63, 3.8) is 0 Å². The molecule has 2 N–H and O–H groups in total. The van der Waals surface area contributed by atoms with Crippen LogP contribution in [0.4, 0.5) is 11.4 Å². The van der Waals surface area contributed by atoms with Gasteiger partial charge in [0.25, 0.3) is 0 Å². The average molecular weight is 192 g/mol. The van der Waals surface area contributed by atoms with Crippen molar-refractivity contribution in [3.8, 4) is 0 Å². The molecule has 0 saturated carbocycles. The lowest BCUT2D eigenvalue weighted by molar-refractivity contribution is 0.857. The molecule has 78 valence electrons. The van der Waals surface area contributed by atoms with Gasteiger partial charge in [-0.1, -0.05) is 13.8 Å². The van der Waals surface area contributed by atoms with E-state index in [2.05, 4.69) is 45.8 Å². The first kappa shape index (κ1) is 10.9. The number of nitrogens with two attached hydrogens (primary N) is 1. The molecule has 0 unspecified atom stereocenters. The van der Waals surface area contributed by atoms with Crippen LogP contribution in [0.5, 0.6) is 0 Å². The molecule has 2 nitrogen and oxygen atoms in total. The molecule has 0 amide bonds. The number of nitrogens with zero attached hydrogens (tertiary/aromatic N) is 1. The molecule has 0 aliphatic heterocycles. The summed E-state index contributed by atoms with van der Waals surface area (Å²) in [5.74, 6) is 0.509. The third kappa shape index (κ3) is 2.00. The van der Waals surface area contributed by atoms with E-state index in [4.69, 9.17) is 5.73 Å². The lowest BCUT2D eigenvalue weighted by Gasteiger charge is -2.22. The Kier molecular flexibility index (Phi) is 3.04. The fraction of sp³-hybridized carbons (Fsp3) is 0.500. The highest BCUT2D eigenvalue weighted by molar-refractivity contribution is 5.65. The Balaban J connectivity index is 3.37. The summed E-state index contributed by atoms with van der Waals surface area (Å²) < 4.78 is 0. The summed E-state index contributed by atoms with van der Waals surface area (Å²) in [7, 11) is 4.15. The van der Waals surface area contributed by atoms with E-state index in [1.54, 1.807) is 0 Å². The number of nitrogen functional groups attached to an aromatic ring is 1. The van der Waals surface area contributed by atoms with Gasteiger partial charge in [0.15, 0.2) is 0 Å². The molecular formula is C12H20N2. The van der Waals surface area contributed by atoms with Gasteiger partial charge in [0, 0.05) is 25.5 Å². The van der Waals surface area contributed by atoms with Crippen LogP contribution in [0.3, 0.4) is 0 Å². The van der Waals surface area contributed by atoms with E-state index >= 15 is 0 Å². The van der Waals surface area contributed by atoms with Crippen LogP contribution in [0.25, 0.3) is 0 Å². The lowest BCUT2D eigenvalue weighted by atomic mass is 9.97. The van der Waals surface area contributed by atoms with Gasteiger partial charge in [-0.2, -0.15) is 0 Å². The second-order valence-corrected chi connectivity index (χ2v) is 4.32. The van der Waals surface area contributed by atoms with E-state index in [0.717, 1.165) is 5.69 Å². The fourth-order valence-corrected chi connectivity index (χ4v) is 1.89. The Hall–Kier alpha value is -1.18. The van der Waals surface area contributed by atoms with Crippen LogP contribution in [0.1, 0.15) is 30.9 Å². The van der Waals surface area contributed by atoms with E-state index in [1.165, 1.54) is 16.8 Å². The number of benzene rings is 1. The molecule has 0 bridgehead atoms. The van der Waals surface area contributed by atoms with Crippen molar-refractivity contribution in [2.75, 3.05) is 24.7 Å². The standard InChI is InChI=1S/C12H20N2/c1-8(2)11-7-10(13)6-9(3)12(11)14(4)5/h6-8H,13H2,1-5H3. The van der Waals surface area contributed by atoms with Gasteiger partial charge in [-0.05, 0) is 36.1 Å². The molecule has 1 aromatic rings. The van der Waals surface area contributed by atoms with Crippen molar-refractivity contribution < 1.29 is 0 Å². The molecule has 0 aromatic heterocycles. The van der Waals surface area contributed by atoms with Gasteiger partial charge in [-0.25, -0.2) is 0 Å². The summed E-state index contributed by atoms with van der Waals surface area (Å²) in [5, 5.41) is 0. The smallest absolute Gasteiger partial charge is 0.0427 e. The topological polar surface area (TPSA) is 29.3 Å². The minimum atomic E-state index is 0.509. The molecular weight excluding hydrogens is 172 g/mol. The van der Waals surface area contributed by atoms with Gasteiger partial charge in [-0.3, -0.25) is 0 Å². The van der Waals surface area contributed by atoms with Crippen LogP contribution in [0.15, 0.2) is 12.1 Å². The van der Waals surface area contributed by atoms with Crippen molar-refractivity contribution in [1.29, 1.82) is 0 Å². The van der Waals surface area contributed by atoms with Gasteiger partial charge in [0.05, 0.1) is 0 Å². The van der Waals surface area contributed by atoms with E-state index in [0.29, 0.717) is 5.92 Å². The molecule has 0 saturated heterocycles. The maximum absolute atomic E-state index is 5.85. The van der Waals surface area contributed by atoms with Crippen molar-refractivity contribution in [2.24, 2.45) is 0 Å². The second kappa shape index (κ2) is 3.91. The minimum Gasteiger partial charge on any atom is -0.399 e. The largest absolute Gasteiger partial charge is 0.399 e. The molecule has 0 spiro atoms. The second-order valence-electron chi connectivity index (χ2n) is 4.32. The summed E-state index contributed by atoms with van der Waals surface area (Å²) >= 11 is 0. The van der Waals surface area contributed by atoms with E-state index in [1.807, 2.05) is 6.07 Å². The van der Waals surface area contributed by atoms with Gasteiger partial charge < -0.3 is 10.6 Å². The van der Waals surface area contributed by atoms with Crippen molar-refractivity contribution in [2.45, 2.75) is 26.7 Å². The molecule has 1 rings (SSSR count). The van der Waals surface area contributed by atoms with Crippen LogP contribution in [-0.2, 0) is 0 Å². The lowest BCUT2D eigenvalue weighted by Crippen LogP contribution is -2.14. The Morgan fingerprint density at radius 3 is 2.21 bits per heavy atom. The first-order valence-electron chi connectivity index (χ1n) is 5.00. The average Bonchev–Trinajstić information content (AvgIpc) is 2.01. The molecule has 0 radical (unpaired) electrons. The first-order valence-corrected chi connectivity index (χ1v) is 5.00. The normalized spacial score (nSPS) is 10.7. The molecule has 0 aliphatic rings. The van der Waals surface area contributed by atoms with Gasteiger partial charge >= 0.3 is 0 Å². The Morgan fingerprint density at radius 2 is 1.79 bits per heavy atom. The molecule has 14 heavy (non-hydrogen) atoms. The predicted molar refractivity (Wildman–Crippen MR) is 64.0 cm³/mol. The Bertz CT molecular complexity index is 327. The molecule has 0 atom stereocenters. The third-order valence-corrected chi connectivity index (χ3v) is 2.42. The zero-order valence-electron chi connectivity index (χ0n) is 9.76. The number of aryl methyl sites for hydroxylation is 1. The highest BCUT2D eigenvalue weighted by Gasteiger charge is 2.11. The van der Waals surface area contributed by atoms with E-state index in [-0.39, 0.29) is 0 Å². The predicted octanol–water partition coefficient (Wildman–Crippen LogP) is 2.77. The Labute approximate surface area is 86.7 Å². The maximum Gasteiger partial charge on any atom is 0.0427 e. The van der Waals surface area contributed by atoms with Crippen molar-refractivity contribution in [1.82, 2.24) is 0 Å². The monoisotopic (exact) mass is 192 g/mol. The van der Waals surface area contributed by atoms with Crippen LogP contribution in [0, 0.1) is 6.92 Å². The summed E-state index contributed by atoms with van der Waals surface area (Å²) in [6.45, 7) is 6.50. The van der Waals surface area contributed by atoms with Gasteiger partial charge in [-0.15, -0.1) is 0 Å². The van der Waals surface area contributed by atoms with Crippen LogP contribution >= 0.6 is 0 Å². The maximum atomic E-state index is 5.85. The molecule has 0 fully saturated rings. The zero-order valence-corrected chi connectivity index (χ0v) is 9.76. The summed E-state index contributed by atoms with van der Waals surface area (Å²) in [4.78, 5) is 2.16. The highest BCUT2D eigenvalue weighted by Crippen LogP contribution is 2.31.